The molecule has 0 saturated carbocycles. The highest BCUT2D eigenvalue weighted by molar-refractivity contribution is 7.92. The van der Waals surface area contributed by atoms with E-state index in [1.54, 1.807) is 13.0 Å². The van der Waals surface area contributed by atoms with Crippen molar-refractivity contribution in [3.8, 4) is 5.75 Å². The number of ether oxygens (including phenoxy) is 1. The SMILES string of the molecule is COc1cc(Cl)c(C)cc1NS(=O)(=O)c1ccc(F)cc1. The van der Waals surface area contributed by atoms with Gasteiger partial charge in [-0.05, 0) is 42.8 Å². The van der Waals surface area contributed by atoms with Crippen molar-refractivity contribution in [2.45, 2.75) is 11.8 Å². The molecule has 4 nitrogen and oxygen atoms in total. The van der Waals surface area contributed by atoms with E-state index in [0.717, 1.165) is 12.1 Å². The van der Waals surface area contributed by atoms with Gasteiger partial charge >= 0.3 is 0 Å². The second-order valence-corrected chi connectivity index (χ2v) is 6.45. The summed E-state index contributed by atoms with van der Waals surface area (Å²) in [5, 5.41) is 0.469. The molecule has 7 heteroatoms. The Hall–Kier alpha value is -1.79. The Bertz CT molecular complexity index is 761. The zero-order valence-electron chi connectivity index (χ0n) is 11.4. The third-order valence-electron chi connectivity index (χ3n) is 2.85. The lowest BCUT2D eigenvalue weighted by atomic mass is 10.2. The van der Waals surface area contributed by atoms with Crippen molar-refractivity contribution >= 4 is 27.3 Å². The Kier molecular flexibility index (Phi) is 4.39. The molecule has 0 fully saturated rings. The molecular formula is C14H13ClFNO3S. The molecule has 0 aliphatic heterocycles. The van der Waals surface area contributed by atoms with Crippen molar-refractivity contribution in [2.75, 3.05) is 11.8 Å². The summed E-state index contributed by atoms with van der Waals surface area (Å²) in [7, 11) is -2.42. The fraction of sp³-hybridized carbons (Fsp3) is 0.143. The third-order valence-corrected chi connectivity index (χ3v) is 4.64. The highest BCUT2D eigenvalue weighted by atomic mass is 35.5. The van der Waals surface area contributed by atoms with Crippen LogP contribution in [0.15, 0.2) is 41.3 Å². The lowest BCUT2D eigenvalue weighted by Crippen LogP contribution is -2.13. The number of hydrogen-bond donors (Lipinski definition) is 1. The summed E-state index contributed by atoms with van der Waals surface area (Å²) in [6.07, 6.45) is 0. The Morgan fingerprint density at radius 2 is 1.81 bits per heavy atom. The van der Waals surface area contributed by atoms with Crippen LogP contribution in [0.3, 0.4) is 0 Å². The number of methoxy groups -OCH3 is 1. The van der Waals surface area contributed by atoms with Gasteiger partial charge in [-0.2, -0.15) is 0 Å². The molecule has 2 aromatic rings. The molecule has 0 bridgehead atoms. The zero-order chi connectivity index (χ0) is 15.6. The minimum atomic E-state index is -3.83. The van der Waals surface area contributed by atoms with E-state index in [2.05, 4.69) is 4.72 Å². The van der Waals surface area contributed by atoms with Gasteiger partial charge in [-0.25, -0.2) is 12.8 Å². The molecule has 0 aliphatic carbocycles. The molecule has 21 heavy (non-hydrogen) atoms. The third kappa shape index (κ3) is 3.46. The van der Waals surface area contributed by atoms with Crippen molar-refractivity contribution in [1.29, 1.82) is 0 Å². The molecule has 0 saturated heterocycles. The average molecular weight is 330 g/mol. The van der Waals surface area contributed by atoms with Crippen LogP contribution in [-0.4, -0.2) is 15.5 Å². The summed E-state index contributed by atoms with van der Waals surface area (Å²) < 4.78 is 44.9. The number of aryl methyl sites for hydroxylation is 1. The quantitative estimate of drug-likeness (QED) is 0.932. The lowest BCUT2D eigenvalue weighted by Gasteiger charge is -2.13. The van der Waals surface area contributed by atoms with Crippen molar-refractivity contribution in [3.05, 3.63) is 52.8 Å². The Balaban J connectivity index is 2.41. The van der Waals surface area contributed by atoms with E-state index in [0.29, 0.717) is 16.3 Å². The molecule has 0 spiro atoms. The fourth-order valence-electron chi connectivity index (χ4n) is 1.73. The van der Waals surface area contributed by atoms with Crippen LogP contribution in [0, 0.1) is 12.7 Å². The van der Waals surface area contributed by atoms with E-state index in [1.807, 2.05) is 0 Å². The van der Waals surface area contributed by atoms with Gasteiger partial charge in [-0.1, -0.05) is 11.6 Å². The molecular weight excluding hydrogens is 317 g/mol. The van der Waals surface area contributed by atoms with Crippen molar-refractivity contribution < 1.29 is 17.5 Å². The van der Waals surface area contributed by atoms with Crippen LogP contribution in [0.4, 0.5) is 10.1 Å². The largest absolute Gasteiger partial charge is 0.495 e. The van der Waals surface area contributed by atoms with E-state index in [9.17, 15) is 12.8 Å². The van der Waals surface area contributed by atoms with Gasteiger partial charge in [-0.15, -0.1) is 0 Å². The number of halogens is 2. The maximum absolute atomic E-state index is 12.9. The fourth-order valence-corrected chi connectivity index (χ4v) is 2.94. The summed E-state index contributed by atoms with van der Waals surface area (Å²) in [6.45, 7) is 1.75. The van der Waals surface area contributed by atoms with E-state index in [-0.39, 0.29) is 10.6 Å². The van der Waals surface area contributed by atoms with Crippen LogP contribution >= 0.6 is 11.6 Å². The molecule has 1 N–H and O–H groups in total. The van der Waals surface area contributed by atoms with Crippen LogP contribution in [0.1, 0.15) is 5.56 Å². The molecule has 0 aliphatic rings. The monoisotopic (exact) mass is 329 g/mol. The molecule has 0 heterocycles. The standard InChI is InChI=1S/C14H13ClFNO3S/c1-9-7-13(14(20-2)8-12(9)15)17-21(18,19)11-5-3-10(16)4-6-11/h3-8,17H,1-2H3. The predicted molar refractivity (Wildman–Crippen MR) is 79.9 cm³/mol. The van der Waals surface area contributed by atoms with Gasteiger partial charge in [0.2, 0.25) is 0 Å². The number of anilines is 1. The van der Waals surface area contributed by atoms with Gasteiger partial charge in [0, 0.05) is 11.1 Å². The maximum atomic E-state index is 12.9. The molecule has 2 aromatic carbocycles. The second kappa shape index (κ2) is 5.91. The van der Waals surface area contributed by atoms with Crippen molar-refractivity contribution in [2.24, 2.45) is 0 Å². The smallest absolute Gasteiger partial charge is 0.262 e. The molecule has 112 valence electrons. The summed E-state index contributed by atoms with van der Waals surface area (Å²) in [6, 6.07) is 7.64. The Morgan fingerprint density at radius 1 is 1.19 bits per heavy atom. The van der Waals surface area contributed by atoms with Gasteiger partial charge in [0.1, 0.15) is 11.6 Å². The van der Waals surface area contributed by atoms with Gasteiger partial charge in [0.05, 0.1) is 17.7 Å². The van der Waals surface area contributed by atoms with Crippen LogP contribution in [0.25, 0.3) is 0 Å². The zero-order valence-corrected chi connectivity index (χ0v) is 12.9. The first-order valence-corrected chi connectivity index (χ1v) is 7.82. The van der Waals surface area contributed by atoms with Crippen LogP contribution in [0.2, 0.25) is 5.02 Å². The average Bonchev–Trinajstić information content (AvgIpc) is 2.42. The van der Waals surface area contributed by atoms with Gasteiger partial charge in [0.15, 0.2) is 0 Å². The second-order valence-electron chi connectivity index (χ2n) is 4.36. The molecule has 0 radical (unpaired) electrons. The Labute approximate surface area is 127 Å². The molecule has 0 atom stereocenters. The van der Waals surface area contributed by atoms with E-state index in [4.69, 9.17) is 16.3 Å². The molecule has 2 rings (SSSR count). The first kappa shape index (κ1) is 15.6. The summed E-state index contributed by atoms with van der Waals surface area (Å²) in [4.78, 5) is -0.0430. The molecule has 0 amide bonds. The Morgan fingerprint density at radius 3 is 2.38 bits per heavy atom. The number of sulfonamides is 1. The number of nitrogens with one attached hydrogen (secondary N) is 1. The molecule has 0 aromatic heterocycles. The normalized spacial score (nSPS) is 11.2. The minimum Gasteiger partial charge on any atom is -0.495 e. The first-order chi connectivity index (χ1) is 9.83. The number of benzene rings is 2. The van der Waals surface area contributed by atoms with Crippen LogP contribution in [-0.2, 0) is 10.0 Å². The number of rotatable bonds is 4. The van der Waals surface area contributed by atoms with Gasteiger partial charge in [-0.3, -0.25) is 4.72 Å². The first-order valence-electron chi connectivity index (χ1n) is 5.96. The summed E-state index contributed by atoms with van der Waals surface area (Å²) >= 11 is 5.97. The van der Waals surface area contributed by atoms with E-state index >= 15 is 0 Å². The van der Waals surface area contributed by atoms with E-state index in [1.165, 1.54) is 25.3 Å². The lowest BCUT2D eigenvalue weighted by molar-refractivity contribution is 0.417. The minimum absolute atomic E-state index is 0.0430. The molecule has 0 unspecified atom stereocenters. The van der Waals surface area contributed by atoms with Gasteiger partial charge in [0.25, 0.3) is 10.0 Å². The summed E-state index contributed by atoms with van der Waals surface area (Å²) in [5.74, 6) is -0.204. The van der Waals surface area contributed by atoms with Crippen molar-refractivity contribution in [3.63, 3.8) is 0 Å². The van der Waals surface area contributed by atoms with E-state index < -0.39 is 15.8 Å². The van der Waals surface area contributed by atoms with Crippen LogP contribution < -0.4 is 9.46 Å². The maximum Gasteiger partial charge on any atom is 0.262 e. The van der Waals surface area contributed by atoms with Crippen molar-refractivity contribution in [1.82, 2.24) is 0 Å². The topological polar surface area (TPSA) is 55.4 Å². The predicted octanol–water partition coefficient (Wildman–Crippen LogP) is 3.60. The van der Waals surface area contributed by atoms with Gasteiger partial charge < -0.3 is 4.74 Å². The summed E-state index contributed by atoms with van der Waals surface area (Å²) in [5.41, 5.74) is 0.970. The number of hydrogen-bond acceptors (Lipinski definition) is 3. The highest BCUT2D eigenvalue weighted by Crippen LogP contribution is 2.32. The van der Waals surface area contributed by atoms with Crippen LogP contribution in [0.5, 0.6) is 5.75 Å². The highest BCUT2D eigenvalue weighted by Gasteiger charge is 2.17.